The highest BCUT2D eigenvalue weighted by Crippen LogP contribution is 2.30. The zero-order valence-corrected chi connectivity index (χ0v) is 12.5. The summed E-state index contributed by atoms with van der Waals surface area (Å²) < 4.78 is 10.4. The van der Waals surface area contributed by atoms with Gasteiger partial charge in [-0.1, -0.05) is 0 Å². The van der Waals surface area contributed by atoms with Crippen molar-refractivity contribution in [3.8, 4) is 5.88 Å². The van der Waals surface area contributed by atoms with Gasteiger partial charge >= 0.3 is 0 Å². The molecule has 23 heavy (non-hydrogen) atoms. The fourth-order valence-electron chi connectivity index (χ4n) is 1.92. The lowest BCUT2D eigenvalue weighted by Gasteiger charge is -2.07. The second kappa shape index (κ2) is 6.95. The van der Waals surface area contributed by atoms with Gasteiger partial charge in [-0.25, -0.2) is 4.98 Å². The molecule has 120 valence electrons. The Balaban J connectivity index is 1.40. The summed E-state index contributed by atoms with van der Waals surface area (Å²) in [6.45, 7) is 0.177. The van der Waals surface area contributed by atoms with Crippen LogP contribution >= 0.6 is 0 Å². The summed E-state index contributed by atoms with van der Waals surface area (Å²) in [4.78, 5) is 27.3. The highest BCUT2D eigenvalue weighted by Gasteiger charge is 2.29. The minimum atomic E-state index is -0.269. The van der Waals surface area contributed by atoms with Gasteiger partial charge in [-0.3, -0.25) is 9.59 Å². The van der Waals surface area contributed by atoms with Crippen LogP contribution in [-0.4, -0.2) is 23.4 Å². The molecule has 0 aromatic carbocycles. The largest absolute Gasteiger partial charge is 0.468 e. The number of pyridine rings is 1. The highest BCUT2D eigenvalue weighted by molar-refractivity contribution is 5.93. The number of carbonyl (C=O) groups excluding carboxylic acids is 2. The lowest BCUT2D eigenvalue weighted by atomic mass is 10.3. The van der Waals surface area contributed by atoms with Gasteiger partial charge in [-0.05, 0) is 31.0 Å². The Morgan fingerprint density at radius 1 is 1.30 bits per heavy atom. The van der Waals surface area contributed by atoms with Gasteiger partial charge in [0.15, 0.2) is 6.61 Å². The van der Waals surface area contributed by atoms with E-state index in [9.17, 15) is 9.59 Å². The molecule has 1 saturated carbocycles. The van der Waals surface area contributed by atoms with Crippen LogP contribution < -0.4 is 15.4 Å². The average molecular weight is 315 g/mol. The number of rotatable bonds is 7. The van der Waals surface area contributed by atoms with Crippen molar-refractivity contribution in [1.82, 2.24) is 10.3 Å². The van der Waals surface area contributed by atoms with Gasteiger partial charge < -0.3 is 19.8 Å². The minimum absolute atomic E-state index is 0.0257. The molecule has 2 aromatic heterocycles. The zero-order chi connectivity index (χ0) is 16.1. The van der Waals surface area contributed by atoms with E-state index in [4.69, 9.17) is 9.15 Å². The molecule has 7 heteroatoms. The van der Waals surface area contributed by atoms with E-state index in [-0.39, 0.29) is 24.3 Å². The maximum atomic E-state index is 11.6. The predicted molar refractivity (Wildman–Crippen MR) is 81.6 cm³/mol. The fourth-order valence-corrected chi connectivity index (χ4v) is 1.92. The molecule has 0 spiro atoms. The smallest absolute Gasteiger partial charge is 0.258 e. The Kier molecular flexibility index (Phi) is 4.56. The van der Waals surface area contributed by atoms with Crippen molar-refractivity contribution in [3.05, 3.63) is 42.5 Å². The topological polar surface area (TPSA) is 93.5 Å². The number of anilines is 1. The van der Waals surface area contributed by atoms with E-state index in [1.165, 1.54) is 6.20 Å². The summed E-state index contributed by atoms with van der Waals surface area (Å²) in [7, 11) is 0. The maximum Gasteiger partial charge on any atom is 0.258 e. The quantitative estimate of drug-likeness (QED) is 0.811. The van der Waals surface area contributed by atoms with Crippen LogP contribution in [0.2, 0.25) is 0 Å². The summed E-state index contributed by atoms with van der Waals surface area (Å²) in [5.74, 6) is 0.894. The van der Waals surface area contributed by atoms with Crippen molar-refractivity contribution < 1.29 is 18.7 Å². The number of ether oxygens (including phenoxy) is 1. The van der Waals surface area contributed by atoms with E-state index in [0.29, 0.717) is 23.9 Å². The Morgan fingerprint density at radius 2 is 2.17 bits per heavy atom. The third kappa shape index (κ3) is 4.57. The van der Waals surface area contributed by atoms with Crippen LogP contribution in [-0.2, 0) is 16.1 Å². The molecule has 0 radical (unpaired) electrons. The van der Waals surface area contributed by atoms with Gasteiger partial charge in [0.2, 0.25) is 11.8 Å². The summed E-state index contributed by atoms with van der Waals surface area (Å²) in [6, 6.07) is 6.84. The molecule has 3 rings (SSSR count). The molecule has 1 fully saturated rings. The Morgan fingerprint density at radius 3 is 2.83 bits per heavy atom. The van der Waals surface area contributed by atoms with Gasteiger partial charge in [-0.15, -0.1) is 0 Å². The molecule has 1 aliphatic rings. The summed E-state index contributed by atoms with van der Waals surface area (Å²) in [5, 5.41) is 5.45. The minimum Gasteiger partial charge on any atom is -0.468 e. The maximum absolute atomic E-state index is 11.6. The van der Waals surface area contributed by atoms with E-state index in [1.54, 1.807) is 30.5 Å². The molecule has 0 saturated heterocycles. The van der Waals surface area contributed by atoms with Crippen molar-refractivity contribution >= 4 is 17.5 Å². The van der Waals surface area contributed by atoms with E-state index < -0.39 is 0 Å². The van der Waals surface area contributed by atoms with E-state index in [2.05, 4.69) is 15.6 Å². The van der Waals surface area contributed by atoms with Crippen LogP contribution in [0.1, 0.15) is 18.6 Å². The first kappa shape index (κ1) is 15.1. The summed E-state index contributed by atoms with van der Waals surface area (Å²) >= 11 is 0. The second-order valence-corrected chi connectivity index (χ2v) is 5.29. The van der Waals surface area contributed by atoms with Crippen LogP contribution in [0.25, 0.3) is 0 Å². The average Bonchev–Trinajstić information content (AvgIpc) is 3.29. The second-order valence-electron chi connectivity index (χ2n) is 5.29. The molecule has 2 N–H and O–H groups in total. The number of nitrogens with zero attached hydrogens (tertiary/aromatic N) is 1. The molecule has 0 unspecified atom stereocenters. The Hall–Kier alpha value is -2.83. The lowest BCUT2D eigenvalue weighted by Crippen LogP contribution is -2.28. The third-order valence-corrected chi connectivity index (χ3v) is 3.34. The molecule has 2 heterocycles. The molecule has 1 aliphatic carbocycles. The third-order valence-electron chi connectivity index (χ3n) is 3.34. The zero-order valence-electron chi connectivity index (χ0n) is 12.5. The fraction of sp³-hybridized carbons (Fsp3) is 0.312. The first-order chi connectivity index (χ1) is 11.2. The van der Waals surface area contributed by atoms with Crippen molar-refractivity contribution in [2.45, 2.75) is 19.4 Å². The van der Waals surface area contributed by atoms with Crippen LogP contribution in [0, 0.1) is 5.92 Å². The van der Waals surface area contributed by atoms with Gasteiger partial charge in [0, 0.05) is 12.0 Å². The molecular formula is C16H17N3O4. The molecule has 2 aromatic rings. The summed E-state index contributed by atoms with van der Waals surface area (Å²) in [6.07, 6.45) is 4.96. The molecule has 0 bridgehead atoms. The highest BCUT2D eigenvalue weighted by atomic mass is 16.5. The van der Waals surface area contributed by atoms with Crippen LogP contribution in [0.4, 0.5) is 5.69 Å². The molecule has 2 amide bonds. The number of hydrogen-bond acceptors (Lipinski definition) is 5. The first-order valence-corrected chi connectivity index (χ1v) is 7.39. The standard InChI is InChI=1S/C16H17N3O4/c20-14(17-9-13-2-1-7-22-13)10-23-15-6-5-12(8-18-15)19-16(21)11-3-4-11/h1-2,5-8,11H,3-4,9-10H2,(H,17,20)(H,19,21). The van der Waals surface area contributed by atoms with Crippen molar-refractivity contribution in [2.75, 3.05) is 11.9 Å². The van der Waals surface area contributed by atoms with Crippen molar-refractivity contribution in [1.29, 1.82) is 0 Å². The number of amides is 2. The predicted octanol–water partition coefficient (Wildman–Crippen LogP) is 1.72. The molecule has 7 nitrogen and oxygen atoms in total. The van der Waals surface area contributed by atoms with Gasteiger partial charge in [0.1, 0.15) is 5.76 Å². The summed E-state index contributed by atoms with van der Waals surface area (Å²) in [5.41, 5.74) is 0.622. The molecular weight excluding hydrogens is 298 g/mol. The van der Waals surface area contributed by atoms with Gasteiger partial charge in [-0.2, -0.15) is 0 Å². The van der Waals surface area contributed by atoms with E-state index in [1.807, 2.05) is 0 Å². The number of carbonyl (C=O) groups is 2. The van der Waals surface area contributed by atoms with Crippen LogP contribution in [0.5, 0.6) is 5.88 Å². The Bertz CT molecular complexity index is 663. The van der Waals surface area contributed by atoms with E-state index >= 15 is 0 Å². The number of hydrogen-bond donors (Lipinski definition) is 2. The number of furan rings is 1. The Labute approximate surface area is 133 Å². The lowest BCUT2D eigenvalue weighted by molar-refractivity contribution is -0.123. The number of aromatic nitrogens is 1. The van der Waals surface area contributed by atoms with Gasteiger partial charge in [0.25, 0.3) is 5.91 Å². The SMILES string of the molecule is O=C(COc1ccc(NC(=O)C2CC2)cn1)NCc1ccco1. The molecule has 0 aliphatic heterocycles. The monoisotopic (exact) mass is 315 g/mol. The van der Waals surface area contributed by atoms with Crippen LogP contribution in [0.15, 0.2) is 41.1 Å². The normalized spacial score (nSPS) is 13.4. The first-order valence-electron chi connectivity index (χ1n) is 7.39. The number of nitrogens with one attached hydrogen (secondary N) is 2. The van der Waals surface area contributed by atoms with Crippen molar-refractivity contribution in [2.24, 2.45) is 5.92 Å². The van der Waals surface area contributed by atoms with Crippen molar-refractivity contribution in [3.63, 3.8) is 0 Å². The van der Waals surface area contributed by atoms with E-state index in [0.717, 1.165) is 12.8 Å². The van der Waals surface area contributed by atoms with Crippen LogP contribution in [0.3, 0.4) is 0 Å². The van der Waals surface area contributed by atoms with Gasteiger partial charge in [0.05, 0.1) is 24.7 Å². The molecule has 0 atom stereocenters.